The number of nitrogens with zero attached hydrogens (tertiary/aromatic N) is 2. The quantitative estimate of drug-likeness (QED) is 0.282. The van der Waals surface area contributed by atoms with Crippen molar-refractivity contribution in [2.45, 2.75) is 19.3 Å². The smallest absolute Gasteiger partial charge is 0.252 e. The molecule has 1 aliphatic rings. The molecule has 1 aromatic carbocycles. The zero-order valence-corrected chi connectivity index (χ0v) is 16.2. The first-order valence-electron chi connectivity index (χ1n) is 8.09. The number of anilines is 1. The van der Waals surface area contributed by atoms with Gasteiger partial charge in [0.05, 0.1) is 12.1 Å². The van der Waals surface area contributed by atoms with Gasteiger partial charge in [0.1, 0.15) is 0 Å². The summed E-state index contributed by atoms with van der Waals surface area (Å²) in [6.45, 7) is 0.829. The van der Waals surface area contributed by atoms with Crippen LogP contribution in [-0.4, -0.2) is 29.9 Å². The minimum atomic E-state index is -0.163. The van der Waals surface area contributed by atoms with E-state index in [1.54, 1.807) is 18.3 Å². The number of rotatable bonds is 5. The van der Waals surface area contributed by atoms with Gasteiger partial charge in [-0.25, -0.2) is 0 Å². The Morgan fingerprint density at radius 2 is 2.08 bits per heavy atom. The molecule has 132 valence electrons. The van der Waals surface area contributed by atoms with Gasteiger partial charge in [0.2, 0.25) is 0 Å². The Morgan fingerprint density at radius 3 is 2.88 bits per heavy atom. The summed E-state index contributed by atoms with van der Waals surface area (Å²) in [5.74, 6) is 0.187. The van der Waals surface area contributed by atoms with Crippen LogP contribution in [-0.2, 0) is 12.8 Å². The van der Waals surface area contributed by atoms with Gasteiger partial charge in [-0.15, -0.1) is 24.0 Å². The van der Waals surface area contributed by atoms with Crippen molar-refractivity contribution in [2.24, 2.45) is 10.7 Å². The van der Waals surface area contributed by atoms with E-state index in [1.165, 1.54) is 23.7 Å². The van der Waals surface area contributed by atoms with Crippen LogP contribution in [0.2, 0.25) is 0 Å². The molecule has 0 atom stereocenters. The highest BCUT2D eigenvalue weighted by Gasteiger charge is 2.10. The Hall–Kier alpha value is -2.16. The van der Waals surface area contributed by atoms with Crippen LogP contribution < -0.4 is 16.4 Å². The van der Waals surface area contributed by atoms with Crippen molar-refractivity contribution in [3.05, 3.63) is 59.4 Å². The van der Waals surface area contributed by atoms with Crippen LogP contribution in [0.4, 0.5) is 5.69 Å². The van der Waals surface area contributed by atoms with Gasteiger partial charge in [0.25, 0.3) is 5.91 Å². The van der Waals surface area contributed by atoms with Gasteiger partial charge >= 0.3 is 0 Å². The number of carbonyl (C=O) groups excluding carboxylic acids is 1. The Morgan fingerprint density at radius 1 is 1.24 bits per heavy atom. The second-order valence-corrected chi connectivity index (χ2v) is 5.73. The highest BCUT2D eigenvalue weighted by atomic mass is 127. The predicted octanol–water partition coefficient (Wildman–Crippen LogP) is 2.34. The molecular formula is C18H22IN5O. The summed E-state index contributed by atoms with van der Waals surface area (Å²) in [6.07, 6.45) is 6.67. The lowest BCUT2D eigenvalue weighted by Gasteiger charge is -2.08. The highest BCUT2D eigenvalue weighted by Crippen LogP contribution is 2.24. The Bertz CT molecular complexity index is 748. The summed E-state index contributed by atoms with van der Waals surface area (Å²) in [7, 11) is 0. The fraction of sp³-hybridized carbons (Fsp3) is 0.278. The molecule has 0 radical (unpaired) electrons. The standard InChI is InChI=1S/C18H21N5O.HI/c19-18(23-16-7-6-13-3-1-4-14(13)11-16)22-10-9-21-17(24)15-5-2-8-20-12-15;/h2,5-8,11-12H,1,3-4,9-10H2,(H,21,24)(H3,19,22,23);1H. The first-order chi connectivity index (χ1) is 11.7. The van der Waals surface area contributed by atoms with Gasteiger partial charge in [-0.3, -0.25) is 14.8 Å². The molecule has 6 nitrogen and oxygen atoms in total. The number of hydrogen-bond donors (Lipinski definition) is 3. The molecule has 0 saturated heterocycles. The van der Waals surface area contributed by atoms with Gasteiger partial charge in [-0.2, -0.15) is 0 Å². The average Bonchev–Trinajstić information content (AvgIpc) is 3.07. The van der Waals surface area contributed by atoms with Crippen LogP contribution >= 0.6 is 24.0 Å². The van der Waals surface area contributed by atoms with E-state index in [-0.39, 0.29) is 29.9 Å². The Labute approximate surface area is 164 Å². The van der Waals surface area contributed by atoms with Gasteiger partial charge < -0.3 is 16.4 Å². The monoisotopic (exact) mass is 451 g/mol. The topological polar surface area (TPSA) is 92.4 Å². The molecule has 2 aromatic rings. The maximum absolute atomic E-state index is 11.8. The number of nitrogens with two attached hydrogens (primary N) is 1. The molecular weight excluding hydrogens is 429 g/mol. The van der Waals surface area contributed by atoms with Crippen LogP contribution in [0.15, 0.2) is 47.7 Å². The second kappa shape index (κ2) is 9.36. The van der Waals surface area contributed by atoms with Crippen LogP contribution in [0, 0.1) is 0 Å². The van der Waals surface area contributed by atoms with E-state index in [9.17, 15) is 4.79 Å². The lowest BCUT2D eigenvalue weighted by Crippen LogP contribution is -2.28. The molecule has 25 heavy (non-hydrogen) atoms. The number of hydrogen-bond acceptors (Lipinski definition) is 3. The molecule has 1 heterocycles. The molecule has 0 unspecified atom stereocenters. The third kappa shape index (κ3) is 5.42. The van der Waals surface area contributed by atoms with E-state index >= 15 is 0 Å². The predicted molar refractivity (Wildman–Crippen MR) is 111 cm³/mol. The number of benzene rings is 1. The Kier molecular flexibility index (Phi) is 7.17. The maximum Gasteiger partial charge on any atom is 0.252 e. The van der Waals surface area contributed by atoms with E-state index in [1.807, 2.05) is 6.07 Å². The van der Waals surface area contributed by atoms with E-state index in [4.69, 9.17) is 5.73 Å². The summed E-state index contributed by atoms with van der Waals surface area (Å²) >= 11 is 0. The highest BCUT2D eigenvalue weighted by molar-refractivity contribution is 14.0. The fourth-order valence-corrected chi connectivity index (χ4v) is 2.78. The number of amides is 1. The number of fused-ring (bicyclic) bond motifs is 1. The number of aromatic nitrogens is 1. The molecule has 1 aromatic heterocycles. The third-order valence-corrected chi connectivity index (χ3v) is 3.97. The fourth-order valence-electron chi connectivity index (χ4n) is 2.78. The molecule has 0 bridgehead atoms. The number of carbonyl (C=O) groups is 1. The molecule has 0 aliphatic heterocycles. The number of pyridine rings is 1. The Balaban J connectivity index is 0.00000225. The SMILES string of the molecule is I.NC(=NCCNC(=O)c1cccnc1)Nc1ccc2c(c1)CCC2. The van der Waals surface area contributed by atoms with Crippen LogP contribution in [0.1, 0.15) is 27.9 Å². The lowest BCUT2D eigenvalue weighted by molar-refractivity contribution is 0.0954. The normalized spacial score (nSPS) is 12.9. The molecule has 7 heteroatoms. The first-order valence-corrected chi connectivity index (χ1v) is 8.09. The summed E-state index contributed by atoms with van der Waals surface area (Å²) in [6, 6.07) is 9.75. The summed E-state index contributed by atoms with van der Waals surface area (Å²) in [5.41, 5.74) is 10.2. The summed E-state index contributed by atoms with van der Waals surface area (Å²) in [5, 5.41) is 5.88. The van der Waals surface area contributed by atoms with Crippen molar-refractivity contribution >= 4 is 41.5 Å². The van der Waals surface area contributed by atoms with Crippen molar-refractivity contribution in [2.75, 3.05) is 18.4 Å². The van der Waals surface area contributed by atoms with Crippen LogP contribution in [0.25, 0.3) is 0 Å². The lowest BCUT2D eigenvalue weighted by atomic mass is 10.1. The van der Waals surface area contributed by atoms with Crippen molar-refractivity contribution in [1.82, 2.24) is 10.3 Å². The third-order valence-electron chi connectivity index (χ3n) is 3.97. The largest absolute Gasteiger partial charge is 0.370 e. The first kappa shape index (κ1) is 19.2. The molecule has 0 saturated carbocycles. The zero-order valence-electron chi connectivity index (χ0n) is 13.9. The van der Waals surface area contributed by atoms with Gasteiger partial charge in [-0.1, -0.05) is 6.07 Å². The van der Waals surface area contributed by atoms with Gasteiger partial charge in [-0.05, 0) is 54.7 Å². The maximum atomic E-state index is 11.8. The minimum absolute atomic E-state index is 0. The number of aliphatic imine (C=N–C) groups is 1. The van der Waals surface area contributed by atoms with E-state index in [2.05, 4.69) is 32.7 Å². The molecule has 0 spiro atoms. The van der Waals surface area contributed by atoms with Crippen LogP contribution in [0.3, 0.4) is 0 Å². The molecule has 0 fully saturated rings. The number of nitrogens with one attached hydrogen (secondary N) is 2. The molecule has 4 N–H and O–H groups in total. The van der Waals surface area contributed by atoms with Crippen molar-refractivity contribution in [3.63, 3.8) is 0 Å². The number of halogens is 1. The minimum Gasteiger partial charge on any atom is -0.370 e. The van der Waals surface area contributed by atoms with E-state index < -0.39 is 0 Å². The number of aryl methyl sites for hydroxylation is 2. The number of guanidine groups is 1. The zero-order chi connectivity index (χ0) is 16.8. The molecule has 1 amide bonds. The van der Waals surface area contributed by atoms with Gasteiger partial charge in [0.15, 0.2) is 5.96 Å². The van der Waals surface area contributed by atoms with Crippen molar-refractivity contribution in [3.8, 4) is 0 Å². The van der Waals surface area contributed by atoms with Gasteiger partial charge in [0, 0.05) is 24.6 Å². The second-order valence-electron chi connectivity index (χ2n) is 5.73. The van der Waals surface area contributed by atoms with Crippen molar-refractivity contribution < 1.29 is 4.79 Å². The van der Waals surface area contributed by atoms with Crippen molar-refractivity contribution in [1.29, 1.82) is 0 Å². The summed E-state index contributed by atoms with van der Waals surface area (Å²) in [4.78, 5) is 20.0. The van der Waals surface area contributed by atoms with E-state index in [0.717, 1.165) is 18.5 Å². The van der Waals surface area contributed by atoms with Crippen LogP contribution in [0.5, 0.6) is 0 Å². The van der Waals surface area contributed by atoms with E-state index in [0.29, 0.717) is 24.6 Å². The summed E-state index contributed by atoms with van der Waals surface area (Å²) < 4.78 is 0. The molecule has 1 aliphatic carbocycles. The average molecular weight is 451 g/mol. The molecule has 3 rings (SSSR count).